The molecule has 0 atom stereocenters. The van der Waals surface area contributed by atoms with Gasteiger partial charge in [0, 0.05) is 12.7 Å². The largest absolute Gasteiger partial charge is 0.338 e. The SMILES string of the molecule is O=C(Nc1ncc(Cl)s1)c1cc(S(=O)(=O)c2cccs2)cn1Cc1ccc(Cl)c(F)c1. The average Bonchev–Trinajstić information content (AvgIpc) is 3.46. The fourth-order valence-corrected chi connectivity index (χ4v) is 6.15. The van der Waals surface area contributed by atoms with Crippen molar-refractivity contribution < 1.29 is 17.6 Å². The zero-order valence-corrected chi connectivity index (χ0v) is 19.3. The van der Waals surface area contributed by atoms with Gasteiger partial charge in [-0.15, -0.1) is 11.3 Å². The Morgan fingerprint density at radius 3 is 2.68 bits per heavy atom. The van der Waals surface area contributed by atoms with Gasteiger partial charge in [0.15, 0.2) is 5.13 Å². The highest BCUT2D eigenvalue weighted by atomic mass is 35.5. The lowest BCUT2D eigenvalue weighted by Crippen LogP contribution is -2.17. The topological polar surface area (TPSA) is 81.1 Å². The Morgan fingerprint density at radius 2 is 2.03 bits per heavy atom. The summed E-state index contributed by atoms with van der Waals surface area (Å²) in [6.45, 7) is 0.0510. The van der Waals surface area contributed by atoms with E-state index in [9.17, 15) is 17.6 Å². The summed E-state index contributed by atoms with van der Waals surface area (Å²) in [7, 11) is -3.82. The summed E-state index contributed by atoms with van der Waals surface area (Å²) < 4.78 is 41.8. The van der Waals surface area contributed by atoms with Gasteiger partial charge in [-0.25, -0.2) is 17.8 Å². The second kappa shape index (κ2) is 8.71. The fourth-order valence-electron chi connectivity index (χ4n) is 2.79. The number of anilines is 1. The van der Waals surface area contributed by atoms with Crippen LogP contribution in [-0.4, -0.2) is 23.9 Å². The number of hydrogen-bond acceptors (Lipinski definition) is 6. The fraction of sp³-hybridized carbons (Fsp3) is 0.0526. The molecule has 31 heavy (non-hydrogen) atoms. The van der Waals surface area contributed by atoms with Crippen LogP contribution in [0.1, 0.15) is 16.1 Å². The van der Waals surface area contributed by atoms with Gasteiger partial charge in [0.1, 0.15) is 20.1 Å². The minimum atomic E-state index is -3.82. The summed E-state index contributed by atoms with van der Waals surface area (Å²) in [6.07, 6.45) is 2.75. The van der Waals surface area contributed by atoms with E-state index >= 15 is 0 Å². The molecule has 0 saturated heterocycles. The summed E-state index contributed by atoms with van der Waals surface area (Å²) in [5, 5.41) is 4.49. The Morgan fingerprint density at radius 1 is 1.23 bits per heavy atom. The molecule has 12 heteroatoms. The van der Waals surface area contributed by atoms with Crippen molar-refractivity contribution in [3.8, 4) is 0 Å². The standard InChI is InChI=1S/C19H12Cl2FN3O3S3/c20-13-4-3-11(6-14(13)22)9-25-10-12(31(27,28)17-2-1-5-29-17)7-15(25)18(26)24-19-23-8-16(21)30-19/h1-8,10H,9H2,(H,23,24,26). The van der Waals surface area contributed by atoms with Crippen LogP contribution >= 0.6 is 45.9 Å². The third-order valence-corrected chi connectivity index (χ3v) is 8.66. The molecule has 1 N–H and O–H groups in total. The number of rotatable bonds is 6. The summed E-state index contributed by atoms with van der Waals surface area (Å²) in [4.78, 5) is 16.8. The van der Waals surface area contributed by atoms with Crippen molar-refractivity contribution in [2.75, 3.05) is 5.32 Å². The molecule has 3 aromatic heterocycles. The van der Waals surface area contributed by atoms with E-state index in [1.54, 1.807) is 17.5 Å². The zero-order valence-electron chi connectivity index (χ0n) is 15.4. The lowest BCUT2D eigenvalue weighted by molar-refractivity contribution is 0.101. The van der Waals surface area contributed by atoms with Gasteiger partial charge in [0.2, 0.25) is 9.84 Å². The molecular formula is C19H12Cl2FN3O3S3. The third kappa shape index (κ3) is 4.68. The number of benzene rings is 1. The number of sulfone groups is 1. The van der Waals surface area contributed by atoms with E-state index in [1.165, 1.54) is 41.2 Å². The van der Waals surface area contributed by atoms with Crippen LogP contribution in [-0.2, 0) is 16.4 Å². The smallest absolute Gasteiger partial charge is 0.274 e. The molecule has 6 nitrogen and oxygen atoms in total. The minimum absolute atomic E-state index is 0.0316. The first-order valence-electron chi connectivity index (χ1n) is 8.59. The van der Waals surface area contributed by atoms with E-state index < -0.39 is 21.6 Å². The van der Waals surface area contributed by atoms with E-state index in [1.807, 2.05) is 0 Å². The van der Waals surface area contributed by atoms with Crippen molar-refractivity contribution in [1.29, 1.82) is 0 Å². The molecule has 1 aromatic carbocycles. The van der Waals surface area contributed by atoms with E-state index in [0.29, 0.717) is 9.90 Å². The molecule has 0 unspecified atom stereocenters. The van der Waals surface area contributed by atoms with Crippen LogP contribution in [0.4, 0.5) is 9.52 Å². The van der Waals surface area contributed by atoms with Gasteiger partial charge in [0.05, 0.1) is 16.1 Å². The van der Waals surface area contributed by atoms with Gasteiger partial charge in [-0.2, -0.15) is 0 Å². The first-order valence-corrected chi connectivity index (χ1v) is 12.5. The maximum atomic E-state index is 13.9. The molecule has 0 fully saturated rings. The van der Waals surface area contributed by atoms with Crippen molar-refractivity contribution >= 4 is 66.8 Å². The summed E-state index contributed by atoms with van der Waals surface area (Å²) in [6, 6.07) is 8.63. The number of halogens is 3. The lowest BCUT2D eigenvalue weighted by atomic mass is 10.2. The summed E-state index contributed by atoms with van der Waals surface area (Å²) in [5.41, 5.74) is 0.570. The molecule has 0 saturated carbocycles. The minimum Gasteiger partial charge on any atom is -0.338 e. The van der Waals surface area contributed by atoms with Crippen LogP contribution in [0.2, 0.25) is 9.36 Å². The molecule has 0 bridgehead atoms. The van der Waals surface area contributed by atoms with Gasteiger partial charge < -0.3 is 4.57 Å². The number of hydrogen-bond donors (Lipinski definition) is 1. The van der Waals surface area contributed by atoms with E-state index in [4.69, 9.17) is 23.2 Å². The quantitative estimate of drug-likeness (QED) is 0.363. The molecule has 4 aromatic rings. The predicted molar refractivity (Wildman–Crippen MR) is 120 cm³/mol. The molecule has 0 spiro atoms. The first-order chi connectivity index (χ1) is 14.7. The molecular weight excluding hydrogens is 504 g/mol. The molecule has 160 valence electrons. The normalized spacial score (nSPS) is 11.6. The van der Waals surface area contributed by atoms with Crippen LogP contribution in [0, 0.1) is 5.82 Å². The maximum absolute atomic E-state index is 13.9. The maximum Gasteiger partial charge on any atom is 0.274 e. The Labute approximate surface area is 194 Å². The first kappa shape index (κ1) is 22.0. The van der Waals surface area contributed by atoms with Crippen molar-refractivity contribution in [3.05, 3.63) is 80.6 Å². The Bertz CT molecular complexity index is 1370. The second-order valence-electron chi connectivity index (χ2n) is 6.30. The van der Waals surface area contributed by atoms with Crippen molar-refractivity contribution in [1.82, 2.24) is 9.55 Å². The van der Waals surface area contributed by atoms with Gasteiger partial charge in [-0.1, -0.05) is 46.7 Å². The molecule has 0 aliphatic rings. The number of aromatic nitrogens is 2. The molecule has 3 heterocycles. The highest BCUT2D eigenvalue weighted by Gasteiger charge is 2.25. The number of thiophene rings is 1. The van der Waals surface area contributed by atoms with Crippen molar-refractivity contribution in [2.24, 2.45) is 0 Å². The summed E-state index contributed by atoms with van der Waals surface area (Å²) in [5.74, 6) is -1.19. The van der Waals surface area contributed by atoms with E-state index in [-0.39, 0.29) is 31.5 Å². The van der Waals surface area contributed by atoms with Gasteiger partial charge >= 0.3 is 0 Å². The zero-order chi connectivity index (χ0) is 22.2. The summed E-state index contributed by atoms with van der Waals surface area (Å²) >= 11 is 13.7. The van der Waals surface area contributed by atoms with E-state index in [2.05, 4.69) is 10.3 Å². The number of nitrogens with one attached hydrogen (secondary N) is 1. The number of nitrogens with zero attached hydrogens (tertiary/aromatic N) is 2. The monoisotopic (exact) mass is 515 g/mol. The number of carbonyl (C=O) groups is 1. The van der Waals surface area contributed by atoms with Gasteiger partial charge in [-0.3, -0.25) is 10.1 Å². The average molecular weight is 516 g/mol. The van der Waals surface area contributed by atoms with Crippen LogP contribution in [0.3, 0.4) is 0 Å². The Hall–Kier alpha value is -2.24. The number of amides is 1. The van der Waals surface area contributed by atoms with Crippen LogP contribution in [0.15, 0.2) is 63.3 Å². The Kier molecular flexibility index (Phi) is 6.18. The van der Waals surface area contributed by atoms with Gasteiger partial charge in [-0.05, 0) is 35.2 Å². The third-order valence-electron chi connectivity index (χ3n) is 4.21. The van der Waals surface area contributed by atoms with Crippen molar-refractivity contribution in [3.63, 3.8) is 0 Å². The van der Waals surface area contributed by atoms with Crippen LogP contribution in [0.5, 0.6) is 0 Å². The highest BCUT2D eigenvalue weighted by molar-refractivity contribution is 7.93. The molecule has 4 rings (SSSR count). The number of carbonyl (C=O) groups excluding carboxylic acids is 1. The molecule has 0 aliphatic carbocycles. The van der Waals surface area contributed by atoms with Crippen LogP contribution < -0.4 is 5.32 Å². The van der Waals surface area contributed by atoms with Crippen molar-refractivity contribution in [2.45, 2.75) is 15.6 Å². The Balaban J connectivity index is 1.74. The second-order valence-corrected chi connectivity index (χ2v) is 11.5. The molecule has 1 amide bonds. The number of thiazole rings is 1. The molecule has 0 radical (unpaired) electrons. The highest BCUT2D eigenvalue weighted by Crippen LogP contribution is 2.28. The van der Waals surface area contributed by atoms with Crippen LogP contribution in [0.25, 0.3) is 0 Å². The molecule has 0 aliphatic heterocycles. The predicted octanol–water partition coefficient (Wildman–Crippen LogP) is 5.59. The van der Waals surface area contributed by atoms with E-state index in [0.717, 1.165) is 22.7 Å². The van der Waals surface area contributed by atoms with Gasteiger partial charge in [0.25, 0.3) is 5.91 Å². The lowest BCUT2D eigenvalue weighted by Gasteiger charge is -2.09.